The Morgan fingerprint density at radius 2 is 2.32 bits per heavy atom. The standard InChI is InChI=1S/C11H15N5O2S/c1-8-4-10-14-15-11(16(10)7-13-8)5-12-9-2-3-19(17,18)6-9/h4,7,9,12H,2-3,5-6H2,1H3. The van der Waals surface area contributed by atoms with Gasteiger partial charge in [-0.15, -0.1) is 10.2 Å². The molecule has 1 aliphatic rings. The van der Waals surface area contributed by atoms with Gasteiger partial charge < -0.3 is 5.32 Å². The Labute approximate surface area is 111 Å². The highest BCUT2D eigenvalue weighted by molar-refractivity contribution is 7.91. The van der Waals surface area contributed by atoms with E-state index in [0.29, 0.717) is 13.0 Å². The Hall–Kier alpha value is -1.54. The van der Waals surface area contributed by atoms with E-state index < -0.39 is 9.84 Å². The number of hydrogen-bond acceptors (Lipinski definition) is 6. The summed E-state index contributed by atoms with van der Waals surface area (Å²) in [6.45, 7) is 2.39. The Bertz CT molecular complexity index is 709. The third-order valence-electron chi connectivity index (χ3n) is 3.29. The highest BCUT2D eigenvalue weighted by Gasteiger charge is 2.27. The van der Waals surface area contributed by atoms with Crippen molar-refractivity contribution in [3.05, 3.63) is 23.9 Å². The molecule has 0 bridgehead atoms. The van der Waals surface area contributed by atoms with Gasteiger partial charge in [0.25, 0.3) is 0 Å². The molecule has 3 rings (SSSR count). The van der Waals surface area contributed by atoms with Crippen LogP contribution in [0.25, 0.3) is 5.65 Å². The average molecular weight is 281 g/mol. The predicted molar refractivity (Wildman–Crippen MR) is 69.4 cm³/mol. The van der Waals surface area contributed by atoms with Gasteiger partial charge in [-0.1, -0.05) is 0 Å². The first kappa shape index (κ1) is 12.5. The lowest BCUT2D eigenvalue weighted by atomic mass is 10.2. The largest absolute Gasteiger partial charge is 0.306 e. The van der Waals surface area contributed by atoms with E-state index in [0.717, 1.165) is 17.2 Å². The van der Waals surface area contributed by atoms with Crippen molar-refractivity contribution in [3.8, 4) is 0 Å². The summed E-state index contributed by atoms with van der Waals surface area (Å²) in [6.07, 6.45) is 2.35. The molecule has 0 spiro atoms. The summed E-state index contributed by atoms with van der Waals surface area (Å²) < 4.78 is 24.5. The molecule has 0 amide bonds. The molecule has 0 aliphatic carbocycles. The SMILES string of the molecule is Cc1cc2nnc(CNC3CCS(=O)(=O)C3)n2cn1. The first-order valence-electron chi connectivity index (χ1n) is 6.13. The zero-order valence-corrected chi connectivity index (χ0v) is 11.4. The number of nitrogens with zero attached hydrogens (tertiary/aromatic N) is 4. The van der Waals surface area contributed by atoms with E-state index >= 15 is 0 Å². The molecule has 8 heteroatoms. The van der Waals surface area contributed by atoms with Crippen molar-refractivity contribution < 1.29 is 8.42 Å². The fourth-order valence-corrected chi connectivity index (χ4v) is 3.95. The number of sulfone groups is 1. The fraction of sp³-hybridized carbons (Fsp3) is 0.545. The number of fused-ring (bicyclic) bond motifs is 1. The summed E-state index contributed by atoms with van der Waals surface area (Å²) in [5, 5.41) is 11.4. The zero-order chi connectivity index (χ0) is 13.5. The molecule has 2 aromatic heterocycles. The first-order chi connectivity index (χ1) is 9.03. The number of rotatable bonds is 3. The highest BCUT2D eigenvalue weighted by Crippen LogP contribution is 2.12. The third kappa shape index (κ3) is 2.59. The summed E-state index contributed by atoms with van der Waals surface area (Å²) in [5.74, 6) is 1.22. The monoisotopic (exact) mass is 281 g/mol. The minimum Gasteiger partial charge on any atom is -0.306 e. The second-order valence-corrected chi connectivity index (χ2v) is 7.08. The maximum absolute atomic E-state index is 11.4. The molecule has 0 aromatic carbocycles. The van der Waals surface area contributed by atoms with Gasteiger partial charge in [-0.05, 0) is 13.3 Å². The van der Waals surface area contributed by atoms with Gasteiger partial charge in [0.15, 0.2) is 21.3 Å². The Kier molecular flexibility index (Phi) is 2.98. The predicted octanol–water partition coefficient (Wildman–Crippen LogP) is -0.291. The summed E-state index contributed by atoms with van der Waals surface area (Å²) in [4.78, 5) is 4.20. The maximum atomic E-state index is 11.4. The molecule has 1 unspecified atom stereocenters. The highest BCUT2D eigenvalue weighted by atomic mass is 32.2. The molecule has 3 heterocycles. The van der Waals surface area contributed by atoms with E-state index in [9.17, 15) is 8.42 Å². The van der Waals surface area contributed by atoms with E-state index in [-0.39, 0.29) is 17.5 Å². The van der Waals surface area contributed by atoms with Crippen LogP contribution < -0.4 is 5.32 Å². The molecule has 2 aromatic rings. The van der Waals surface area contributed by atoms with Crippen LogP contribution in [0.2, 0.25) is 0 Å². The smallest absolute Gasteiger partial charge is 0.163 e. The summed E-state index contributed by atoms with van der Waals surface area (Å²) in [6, 6.07) is 1.87. The van der Waals surface area contributed by atoms with Crippen LogP contribution in [0.1, 0.15) is 17.9 Å². The van der Waals surface area contributed by atoms with E-state index in [2.05, 4.69) is 20.5 Å². The Morgan fingerprint density at radius 1 is 1.47 bits per heavy atom. The van der Waals surface area contributed by atoms with Crippen molar-refractivity contribution in [2.24, 2.45) is 0 Å². The van der Waals surface area contributed by atoms with Gasteiger partial charge in [0.1, 0.15) is 6.33 Å². The van der Waals surface area contributed by atoms with Crippen LogP contribution in [0, 0.1) is 6.92 Å². The molecule has 1 aliphatic heterocycles. The van der Waals surface area contributed by atoms with Crippen molar-refractivity contribution in [2.45, 2.75) is 25.9 Å². The number of nitrogens with one attached hydrogen (secondary N) is 1. The average Bonchev–Trinajstić information content (AvgIpc) is 2.89. The van der Waals surface area contributed by atoms with Crippen molar-refractivity contribution in [1.29, 1.82) is 0 Å². The molecule has 1 N–H and O–H groups in total. The first-order valence-corrected chi connectivity index (χ1v) is 7.96. The van der Waals surface area contributed by atoms with Crippen LogP contribution >= 0.6 is 0 Å². The Balaban J connectivity index is 1.72. The van der Waals surface area contributed by atoms with Crippen molar-refractivity contribution >= 4 is 15.5 Å². The summed E-state index contributed by atoms with van der Waals surface area (Å²) in [7, 11) is -2.85. The normalized spacial score (nSPS) is 22.1. The molecule has 1 saturated heterocycles. The molecule has 0 radical (unpaired) electrons. The molecular formula is C11H15N5O2S. The molecule has 1 atom stereocenters. The second-order valence-electron chi connectivity index (χ2n) is 4.86. The van der Waals surface area contributed by atoms with Gasteiger partial charge >= 0.3 is 0 Å². The lowest BCUT2D eigenvalue weighted by Crippen LogP contribution is -2.30. The molecule has 19 heavy (non-hydrogen) atoms. The van der Waals surface area contributed by atoms with Gasteiger partial charge in [-0.25, -0.2) is 13.4 Å². The van der Waals surface area contributed by atoms with Gasteiger partial charge in [0.2, 0.25) is 0 Å². The summed E-state index contributed by atoms with van der Waals surface area (Å²) in [5.41, 5.74) is 1.64. The molecular weight excluding hydrogens is 266 g/mol. The van der Waals surface area contributed by atoms with Gasteiger partial charge in [-0.2, -0.15) is 0 Å². The quantitative estimate of drug-likeness (QED) is 0.831. The number of aryl methyl sites for hydroxylation is 1. The van der Waals surface area contributed by atoms with Crippen LogP contribution in [0.15, 0.2) is 12.4 Å². The van der Waals surface area contributed by atoms with Crippen molar-refractivity contribution in [1.82, 2.24) is 24.9 Å². The van der Waals surface area contributed by atoms with Crippen LogP contribution in [-0.4, -0.2) is 45.5 Å². The van der Waals surface area contributed by atoms with E-state index in [1.54, 1.807) is 6.33 Å². The lowest BCUT2D eigenvalue weighted by molar-refractivity contribution is 0.539. The fourth-order valence-electron chi connectivity index (χ4n) is 2.25. The van der Waals surface area contributed by atoms with Crippen LogP contribution in [0.3, 0.4) is 0 Å². The third-order valence-corrected chi connectivity index (χ3v) is 5.06. The van der Waals surface area contributed by atoms with E-state index in [1.807, 2.05) is 17.4 Å². The summed E-state index contributed by atoms with van der Waals surface area (Å²) >= 11 is 0. The van der Waals surface area contributed by atoms with Crippen LogP contribution in [0.4, 0.5) is 0 Å². The zero-order valence-electron chi connectivity index (χ0n) is 10.6. The lowest BCUT2D eigenvalue weighted by Gasteiger charge is -2.09. The minimum atomic E-state index is -2.85. The second kappa shape index (κ2) is 4.53. The van der Waals surface area contributed by atoms with E-state index in [4.69, 9.17) is 0 Å². The van der Waals surface area contributed by atoms with Crippen molar-refractivity contribution in [2.75, 3.05) is 11.5 Å². The molecule has 7 nitrogen and oxygen atoms in total. The maximum Gasteiger partial charge on any atom is 0.163 e. The van der Waals surface area contributed by atoms with Gasteiger partial charge in [0.05, 0.1) is 18.1 Å². The number of hydrogen-bond donors (Lipinski definition) is 1. The molecule has 102 valence electrons. The topological polar surface area (TPSA) is 89.2 Å². The van der Waals surface area contributed by atoms with Crippen LogP contribution in [0.5, 0.6) is 0 Å². The van der Waals surface area contributed by atoms with Crippen molar-refractivity contribution in [3.63, 3.8) is 0 Å². The van der Waals surface area contributed by atoms with Crippen LogP contribution in [-0.2, 0) is 16.4 Å². The molecule has 1 fully saturated rings. The Morgan fingerprint density at radius 3 is 3.05 bits per heavy atom. The number of aromatic nitrogens is 4. The minimum absolute atomic E-state index is 0.00996. The van der Waals surface area contributed by atoms with E-state index in [1.165, 1.54) is 0 Å². The van der Waals surface area contributed by atoms with Gasteiger partial charge in [-0.3, -0.25) is 4.40 Å². The molecule has 0 saturated carbocycles. The van der Waals surface area contributed by atoms with Gasteiger partial charge in [0, 0.05) is 17.8 Å².